The van der Waals surface area contributed by atoms with E-state index in [9.17, 15) is 9.59 Å². The Morgan fingerprint density at radius 1 is 0.974 bits per heavy atom. The van der Waals surface area contributed by atoms with E-state index in [-0.39, 0.29) is 11.5 Å². The Morgan fingerprint density at radius 2 is 1.68 bits per heavy atom. The number of nitrogens with one attached hydrogen (secondary N) is 1. The van der Waals surface area contributed by atoms with Crippen molar-refractivity contribution in [1.82, 2.24) is 14.9 Å². The third-order valence-electron chi connectivity index (χ3n) is 8.28. The zero-order chi connectivity index (χ0) is 27.0. The van der Waals surface area contributed by atoms with Crippen molar-refractivity contribution in [3.05, 3.63) is 74.8 Å². The zero-order valence-corrected chi connectivity index (χ0v) is 22.9. The Hall–Kier alpha value is -3.65. The van der Waals surface area contributed by atoms with Crippen molar-refractivity contribution in [3.63, 3.8) is 0 Å². The van der Waals surface area contributed by atoms with Gasteiger partial charge in [0.15, 0.2) is 0 Å². The van der Waals surface area contributed by atoms with Gasteiger partial charge in [-0.2, -0.15) is 0 Å². The van der Waals surface area contributed by atoms with Gasteiger partial charge >= 0.3 is 0 Å². The molecular weight excluding hydrogens is 480 g/mol. The summed E-state index contributed by atoms with van der Waals surface area (Å²) in [6.07, 6.45) is 3.28. The van der Waals surface area contributed by atoms with Crippen molar-refractivity contribution in [1.29, 1.82) is 0 Å². The highest BCUT2D eigenvalue weighted by Crippen LogP contribution is 2.40. The molecule has 200 valence electrons. The smallest absolute Gasteiger partial charge is 0.263 e. The van der Waals surface area contributed by atoms with Crippen molar-refractivity contribution in [2.24, 2.45) is 5.41 Å². The summed E-state index contributed by atoms with van der Waals surface area (Å²) >= 11 is 0. The molecule has 0 atom stereocenters. The van der Waals surface area contributed by atoms with Crippen LogP contribution in [0.5, 0.6) is 11.5 Å². The highest BCUT2D eigenvalue weighted by atomic mass is 16.5. The molecule has 8 nitrogen and oxygen atoms in total. The number of carbonyl (C=O) groups excluding carboxylic acids is 1. The number of aryl methyl sites for hydroxylation is 1. The summed E-state index contributed by atoms with van der Waals surface area (Å²) in [5.41, 5.74) is 4.19. The molecule has 1 amide bonds. The van der Waals surface area contributed by atoms with Crippen LogP contribution in [0.25, 0.3) is 5.69 Å². The maximum absolute atomic E-state index is 13.7. The fourth-order valence-corrected chi connectivity index (χ4v) is 5.61. The lowest BCUT2D eigenvalue weighted by Crippen LogP contribution is -2.42. The molecule has 1 aromatic heterocycles. The van der Waals surface area contributed by atoms with Crippen LogP contribution >= 0.6 is 0 Å². The first-order valence-corrected chi connectivity index (χ1v) is 13.3. The quantitative estimate of drug-likeness (QED) is 0.533. The monoisotopic (exact) mass is 516 g/mol. The van der Waals surface area contributed by atoms with Crippen LogP contribution in [-0.4, -0.2) is 48.8 Å². The molecule has 0 unspecified atom stereocenters. The van der Waals surface area contributed by atoms with E-state index in [0.29, 0.717) is 33.9 Å². The lowest BCUT2D eigenvalue weighted by atomic mass is 9.78. The summed E-state index contributed by atoms with van der Waals surface area (Å²) in [7, 11) is 1.60. The van der Waals surface area contributed by atoms with Crippen molar-refractivity contribution < 1.29 is 14.3 Å². The molecule has 8 heteroatoms. The summed E-state index contributed by atoms with van der Waals surface area (Å²) < 4.78 is 13.5. The molecule has 0 saturated carbocycles. The number of rotatable bonds is 5. The minimum atomic E-state index is -0.142. The first-order valence-electron chi connectivity index (χ1n) is 13.3. The Balaban J connectivity index is 1.40. The third-order valence-corrected chi connectivity index (χ3v) is 8.28. The summed E-state index contributed by atoms with van der Waals surface area (Å²) in [5, 5.41) is 2.61. The molecule has 0 aliphatic carbocycles. The molecule has 2 saturated heterocycles. The second kappa shape index (κ2) is 10.3. The number of nitrogens with zero attached hydrogens (tertiary/aromatic N) is 3. The summed E-state index contributed by atoms with van der Waals surface area (Å²) in [6.45, 7) is 11.3. The molecule has 1 N–H and O–H groups in total. The topological polar surface area (TPSA) is 85.7 Å². The molecule has 5 rings (SSSR count). The molecule has 0 radical (unpaired) electrons. The predicted molar refractivity (Wildman–Crippen MR) is 148 cm³/mol. The van der Waals surface area contributed by atoms with E-state index < -0.39 is 0 Å². The zero-order valence-electron chi connectivity index (χ0n) is 22.9. The van der Waals surface area contributed by atoms with Gasteiger partial charge in [0.05, 0.1) is 17.9 Å². The number of carbonyl (C=O) groups is 1. The number of aromatic nitrogens is 2. The predicted octanol–water partition coefficient (Wildman–Crippen LogP) is 4.62. The van der Waals surface area contributed by atoms with E-state index in [1.165, 1.54) is 0 Å². The van der Waals surface area contributed by atoms with Gasteiger partial charge in [-0.05, 0) is 99.9 Å². The lowest BCUT2D eigenvalue weighted by Gasteiger charge is -2.39. The van der Waals surface area contributed by atoms with Crippen LogP contribution in [0.4, 0.5) is 5.82 Å². The molecule has 3 heterocycles. The van der Waals surface area contributed by atoms with Gasteiger partial charge in [-0.15, -0.1) is 0 Å². The molecule has 2 aliphatic rings. The number of hydrogen-bond donors (Lipinski definition) is 1. The summed E-state index contributed by atoms with van der Waals surface area (Å²) in [6, 6.07) is 10.8. The number of anilines is 1. The van der Waals surface area contributed by atoms with Gasteiger partial charge in [0.25, 0.3) is 11.5 Å². The van der Waals surface area contributed by atoms with Crippen LogP contribution in [0.3, 0.4) is 0 Å². The van der Waals surface area contributed by atoms with Crippen LogP contribution in [0.2, 0.25) is 0 Å². The first kappa shape index (κ1) is 26.0. The molecule has 0 bridgehead atoms. The van der Waals surface area contributed by atoms with Crippen LogP contribution < -0.4 is 20.5 Å². The van der Waals surface area contributed by atoms with Crippen molar-refractivity contribution in [3.8, 4) is 17.2 Å². The Kier molecular flexibility index (Phi) is 7.01. The number of hydrogen-bond acceptors (Lipinski definition) is 6. The molecule has 3 aromatic rings. The maximum Gasteiger partial charge on any atom is 0.263 e. The van der Waals surface area contributed by atoms with Crippen molar-refractivity contribution >= 4 is 11.7 Å². The van der Waals surface area contributed by atoms with E-state index in [1.54, 1.807) is 35.9 Å². The van der Waals surface area contributed by atoms with Gasteiger partial charge in [-0.3, -0.25) is 14.2 Å². The van der Waals surface area contributed by atoms with Crippen LogP contribution in [0, 0.1) is 33.1 Å². The van der Waals surface area contributed by atoms with Crippen molar-refractivity contribution in [2.45, 2.75) is 47.0 Å². The largest absolute Gasteiger partial charge is 0.457 e. The van der Waals surface area contributed by atoms with Crippen LogP contribution in [-0.2, 0) is 4.74 Å². The molecule has 2 fully saturated rings. The van der Waals surface area contributed by atoms with Crippen LogP contribution in [0.15, 0.2) is 41.2 Å². The first-order chi connectivity index (χ1) is 18.2. The Bertz CT molecular complexity index is 1410. The average Bonchev–Trinajstić information content (AvgIpc) is 3.38. The number of benzene rings is 2. The summed E-state index contributed by atoms with van der Waals surface area (Å²) in [5.74, 6) is 2.66. The number of ether oxygens (including phenoxy) is 2. The summed E-state index contributed by atoms with van der Waals surface area (Å²) in [4.78, 5) is 32.7. The lowest BCUT2D eigenvalue weighted by molar-refractivity contribution is 0.0963. The molecule has 1 spiro atoms. The Morgan fingerprint density at radius 3 is 2.32 bits per heavy atom. The van der Waals surface area contributed by atoms with Gasteiger partial charge < -0.3 is 19.7 Å². The number of amides is 1. The van der Waals surface area contributed by atoms with Gasteiger partial charge in [0, 0.05) is 32.3 Å². The standard InChI is InChI=1S/C30H36N4O4/c1-19-20(2)26(38-24-8-6-23(7-9-24)28(35)31-5)11-10-25(19)34-22(4)32-27(21(3)29(34)36)33-15-12-30(13-16-33)14-17-37-18-30/h6-11H,12-18H2,1-5H3,(H,31,35). The van der Waals surface area contributed by atoms with E-state index >= 15 is 0 Å². The average molecular weight is 517 g/mol. The second-order valence-corrected chi connectivity index (χ2v) is 10.6. The van der Waals surface area contributed by atoms with E-state index in [0.717, 1.165) is 68.2 Å². The minimum Gasteiger partial charge on any atom is -0.457 e. The maximum atomic E-state index is 13.7. The van der Waals surface area contributed by atoms with E-state index in [1.807, 2.05) is 39.8 Å². The van der Waals surface area contributed by atoms with Gasteiger partial charge in [-0.25, -0.2) is 4.98 Å². The minimum absolute atomic E-state index is 0.0436. The molecular formula is C30H36N4O4. The van der Waals surface area contributed by atoms with Crippen LogP contribution in [0.1, 0.15) is 52.1 Å². The van der Waals surface area contributed by atoms with E-state index in [2.05, 4.69) is 10.2 Å². The normalized spacial score (nSPS) is 16.6. The highest BCUT2D eigenvalue weighted by Gasteiger charge is 2.38. The molecule has 2 aromatic carbocycles. The van der Waals surface area contributed by atoms with Gasteiger partial charge in [0.2, 0.25) is 0 Å². The molecule has 2 aliphatic heterocycles. The second-order valence-electron chi connectivity index (χ2n) is 10.6. The van der Waals surface area contributed by atoms with Crippen molar-refractivity contribution in [2.75, 3.05) is 38.3 Å². The fraction of sp³-hybridized carbons (Fsp3) is 0.433. The third kappa shape index (κ3) is 4.69. The highest BCUT2D eigenvalue weighted by molar-refractivity contribution is 5.94. The SMILES string of the molecule is CNC(=O)c1ccc(Oc2ccc(-n3c(C)nc(N4CCC5(CCOC5)CC4)c(C)c3=O)c(C)c2C)cc1. The molecule has 38 heavy (non-hydrogen) atoms. The number of piperidine rings is 1. The fourth-order valence-electron chi connectivity index (χ4n) is 5.61. The van der Waals surface area contributed by atoms with E-state index in [4.69, 9.17) is 14.5 Å². The Labute approximate surface area is 223 Å². The van der Waals surface area contributed by atoms with Gasteiger partial charge in [0.1, 0.15) is 23.1 Å². The van der Waals surface area contributed by atoms with Gasteiger partial charge in [-0.1, -0.05) is 0 Å².